The lowest BCUT2D eigenvalue weighted by Gasteiger charge is -2.13. The monoisotopic (exact) mass is 349 g/mol. The summed E-state index contributed by atoms with van der Waals surface area (Å²) in [5, 5.41) is 2.88. The van der Waals surface area contributed by atoms with Gasteiger partial charge < -0.3 is 14.8 Å². The second-order valence-corrected chi connectivity index (χ2v) is 6.29. The summed E-state index contributed by atoms with van der Waals surface area (Å²) in [6, 6.07) is 9.80. The van der Waals surface area contributed by atoms with Crippen LogP contribution in [0.5, 0.6) is 11.5 Å². The van der Waals surface area contributed by atoms with Gasteiger partial charge in [-0.2, -0.15) is 0 Å². The van der Waals surface area contributed by atoms with Gasteiger partial charge in [0.25, 0.3) is 0 Å². The van der Waals surface area contributed by atoms with E-state index in [2.05, 4.69) is 5.32 Å². The number of anilines is 1. The van der Waals surface area contributed by atoms with Gasteiger partial charge in [0, 0.05) is 28.8 Å². The van der Waals surface area contributed by atoms with E-state index < -0.39 is 0 Å². The summed E-state index contributed by atoms with van der Waals surface area (Å²) in [5.41, 5.74) is 1.59. The highest BCUT2D eigenvalue weighted by Gasteiger charge is 2.11. The van der Waals surface area contributed by atoms with Gasteiger partial charge in [-0.3, -0.25) is 4.79 Å². The van der Waals surface area contributed by atoms with Crippen LogP contribution in [0.3, 0.4) is 0 Å². The van der Waals surface area contributed by atoms with Gasteiger partial charge >= 0.3 is 0 Å². The number of rotatable bonds is 7. The molecule has 0 unspecified atom stereocenters. The molecule has 4 nitrogen and oxygen atoms in total. The highest BCUT2D eigenvalue weighted by atomic mass is 32.2. The average molecular weight is 349 g/mol. The van der Waals surface area contributed by atoms with Crippen molar-refractivity contribution in [2.75, 3.05) is 25.3 Å². The first-order valence-corrected chi connectivity index (χ1v) is 8.43. The number of halogens is 1. The minimum Gasteiger partial charge on any atom is -0.493 e. The molecule has 2 rings (SSSR count). The van der Waals surface area contributed by atoms with Crippen LogP contribution in [-0.2, 0) is 4.79 Å². The molecule has 2 aromatic rings. The number of ether oxygens (including phenoxy) is 2. The number of nitrogens with one attached hydrogen (secondary N) is 1. The fraction of sp³-hybridized carbons (Fsp3) is 0.278. The molecule has 0 aromatic heterocycles. The Bertz CT molecular complexity index is 704. The van der Waals surface area contributed by atoms with Crippen molar-refractivity contribution in [1.29, 1.82) is 0 Å². The summed E-state index contributed by atoms with van der Waals surface area (Å²) in [6.45, 7) is 1.89. The van der Waals surface area contributed by atoms with E-state index in [0.29, 0.717) is 29.4 Å². The molecule has 2 aromatic carbocycles. The van der Waals surface area contributed by atoms with E-state index in [1.807, 2.05) is 13.0 Å². The molecular formula is C18H20FNO3S. The first kappa shape index (κ1) is 18.1. The Morgan fingerprint density at radius 3 is 2.38 bits per heavy atom. The lowest BCUT2D eigenvalue weighted by molar-refractivity contribution is -0.115. The molecule has 0 bridgehead atoms. The summed E-state index contributed by atoms with van der Waals surface area (Å²) in [6.07, 6.45) is 0.357. The van der Waals surface area contributed by atoms with E-state index in [0.717, 1.165) is 10.5 Å². The van der Waals surface area contributed by atoms with Crippen molar-refractivity contribution < 1.29 is 18.7 Å². The zero-order chi connectivity index (χ0) is 17.5. The van der Waals surface area contributed by atoms with Gasteiger partial charge in [0.15, 0.2) is 11.5 Å². The average Bonchev–Trinajstić information content (AvgIpc) is 2.58. The standard InChI is InChI=1S/C18H20FNO3S/c1-12-10-16(22-2)17(23-3)11-15(12)20-18(21)8-9-24-14-6-4-13(19)5-7-14/h4-7,10-11H,8-9H2,1-3H3,(H,20,21). The zero-order valence-corrected chi connectivity index (χ0v) is 14.7. The Morgan fingerprint density at radius 1 is 1.12 bits per heavy atom. The number of methoxy groups -OCH3 is 2. The summed E-state index contributed by atoms with van der Waals surface area (Å²) in [4.78, 5) is 13.0. The minimum atomic E-state index is -0.263. The molecule has 0 spiro atoms. The van der Waals surface area contributed by atoms with Crippen molar-refractivity contribution in [3.8, 4) is 11.5 Å². The number of benzene rings is 2. The number of amides is 1. The molecule has 0 atom stereocenters. The van der Waals surface area contributed by atoms with Crippen LogP contribution in [0.15, 0.2) is 41.3 Å². The van der Waals surface area contributed by atoms with Crippen molar-refractivity contribution >= 4 is 23.4 Å². The van der Waals surface area contributed by atoms with Crippen molar-refractivity contribution in [3.63, 3.8) is 0 Å². The predicted octanol–water partition coefficient (Wildman–Crippen LogP) is 4.27. The molecule has 0 radical (unpaired) electrons. The normalized spacial score (nSPS) is 10.3. The van der Waals surface area contributed by atoms with Crippen molar-refractivity contribution in [1.82, 2.24) is 0 Å². The molecule has 0 aliphatic carbocycles. The Kier molecular flexibility index (Phi) is 6.49. The third-order valence-corrected chi connectivity index (χ3v) is 4.43. The summed E-state index contributed by atoms with van der Waals surface area (Å²) in [7, 11) is 3.13. The van der Waals surface area contributed by atoms with Crippen LogP contribution in [0.25, 0.3) is 0 Å². The van der Waals surface area contributed by atoms with E-state index in [9.17, 15) is 9.18 Å². The molecule has 0 fully saturated rings. The number of hydrogen-bond donors (Lipinski definition) is 1. The Morgan fingerprint density at radius 2 is 1.75 bits per heavy atom. The fourth-order valence-corrected chi connectivity index (χ4v) is 2.97. The smallest absolute Gasteiger partial charge is 0.225 e. The zero-order valence-electron chi connectivity index (χ0n) is 13.9. The largest absolute Gasteiger partial charge is 0.493 e. The van der Waals surface area contributed by atoms with Gasteiger partial charge in [-0.15, -0.1) is 11.8 Å². The van der Waals surface area contributed by atoms with Crippen LogP contribution in [0, 0.1) is 12.7 Å². The maximum absolute atomic E-state index is 12.8. The molecule has 0 aliphatic heterocycles. The van der Waals surface area contributed by atoms with Crippen molar-refractivity contribution in [2.24, 2.45) is 0 Å². The van der Waals surface area contributed by atoms with Crippen LogP contribution >= 0.6 is 11.8 Å². The van der Waals surface area contributed by atoms with Crippen molar-refractivity contribution in [3.05, 3.63) is 47.8 Å². The van der Waals surface area contributed by atoms with Gasteiger partial charge in [0.05, 0.1) is 14.2 Å². The van der Waals surface area contributed by atoms with Gasteiger partial charge in [-0.1, -0.05) is 0 Å². The number of aryl methyl sites for hydroxylation is 1. The number of carbonyl (C=O) groups excluding carboxylic acids is 1. The molecule has 1 amide bonds. The third-order valence-electron chi connectivity index (χ3n) is 3.42. The van der Waals surface area contributed by atoms with Crippen LogP contribution in [0.1, 0.15) is 12.0 Å². The Labute approximate surface area is 145 Å². The van der Waals surface area contributed by atoms with Gasteiger partial charge in [-0.25, -0.2) is 4.39 Å². The summed E-state index contributed by atoms with van der Waals surface area (Å²) < 4.78 is 23.3. The molecule has 0 saturated heterocycles. The topological polar surface area (TPSA) is 47.6 Å². The Balaban J connectivity index is 1.91. The maximum atomic E-state index is 12.8. The molecule has 0 saturated carbocycles. The number of carbonyl (C=O) groups is 1. The SMILES string of the molecule is COc1cc(C)c(NC(=O)CCSc2ccc(F)cc2)cc1OC. The predicted molar refractivity (Wildman–Crippen MR) is 94.7 cm³/mol. The van der Waals surface area contributed by atoms with E-state index >= 15 is 0 Å². The lowest BCUT2D eigenvalue weighted by atomic mass is 10.1. The molecule has 0 aliphatic rings. The van der Waals surface area contributed by atoms with E-state index in [4.69, 9.17) is 9.47 Å². The Hall–Kier alpha value is -2.21. The second kappa shape index (κ2) is 8.59. The molecule has 6 heteroatoms. The van der Waals surface area contributed by atoms with Crippen LogP contribution in [0.2, 0.25) is 0 Å². The van der Waals surface area contributed by atoms with Gasteiger partial charge in [-0.05, 0) is 42.8 Å². The van der Waals surface area contributed by atoms with Crippen molar-refractivity contribution in [2.45, 2.75) is 18.2 Å². The quantitative estimate of drug-likeness (QED) is 0.758. The van der Waals surface area contributed by atoms with Crippen LogP contribution < -0.4 is 14.8 Å². The maximum Gasteiger partial charge on any atom is 0.225 e. The highest BCUT2D eigenvalue weighted by Crippen LogP contribution is 2.33. The summed E-state index contributed by atoms with van der Waals surface area (Å²) >= 11 is 1.51. The third kappa shape index (κ3) is 4.89. The first-order chi connectivity index (χ1) is 11.5. The van der Waals surface area contributed by atoms with E-state index in [1.54, 1.807) is 32.4 Å². The van der Waals surface area contributed by atoms with Crippen LogP contribution in [0.4, 0.5) is 10.1 Å². The molecular weight excluding hydrogens is 329 g/mol. The van der Waals surface area contributed by atoms with Gasteiger partial charge in [0.1, 0.15) is 5.82 Å². The second-order valence-electron chi connectivity index (χ2n) is 5.12. The number of hydrogen-bond acceptors (Lipinski definition) is 4. The van der Waals surface area contributed by atoms with Gasteiger partial charge in [0.2, 0.25) is 5.91 Å². The summed E-state index contributed by atoms with van der Waals surface area (Å²) in [5.74, 6) is 1.46. The highest BCUT2D eigenvalue weighted by molar-refractivity contribution is 7.99. The lowest BCUT2D eigenvalue weighted by Crippen LogP contribution is -2.13. The molecule has 0 heterocycles. The fourth-order valence-electron chi connectivity index (χ4n) is 2.12. The number of thioether (sulfide) groups is 1. The first-order valence-electron chi connectivity index (χ1n) is 7.44. The van der Waals surface area contributed by atoms with Crippen LogP contribution in [-0.4, -0.2) is 25.9 Å². The molecule has 128 valence electrons. The van der Waals surface area contributed by atoms with E-state index in [-0.39, 0.29) is 11.7 Å². The van der Waals surface area contributed by atoms with E-state index in [1.165, 1.54) is 23.9 Å². The molecule has 1 N–H and O–H groups in total. The molecule has 24 heavy (non-hydrogen) atoms. The minimum absolute atomic E-state index is 0.0834.